The Hall–Kier alpha value is -8.98. The van der Waals surface area contributed by atoms with Gasteiger partial charge in [0.15, 0.2) is 0 Å². The molecule has 1 heterocycles. The van der Waals surface area contributed by atoms with Gasteiger partial charge in [0.2, 0.25) is 0 Å². The van der Waals surface area contributed by atoms with Crippen molar-refractivity contribution < 1.29 is 0 Å². The third-order valence-electron chi connectivity index (χ3n) is 13.2. The molecular formula is C66H46N2. The molecule has 0 bridgehead atoms. The number of benzene rings is 11. The van der Waals surface area contributed by atoms with Crippen LogP contribution in [-0.4, -0.2) is 4.57 Å². The molecule has 11 aromatic carbocycles. The summed E-state index contributed by atoms with van der Waals surface area (Å²) < 4.78 is 2.38. The molecule has 1 aromatic heterocycles. The van der Waals surface area contributed by atoms with Crippen LogP contribution in [0, 0.1) is 0 Å². The molecule has 0 aliphatic carbocycles. The molecule has 12 aromatic rings. The molecular weight excluding hydrogens is 821 g/mol. The highest BCUT2D eigenvalue weighted by Crippen LogP contribution is 2.46. The van der Waals surface area contributed by atoms with Gasteiger partial charge in [-0.05, 0) is 134 Å². The molecule has 0 saturated carbocycles. The summed E-state index contributed by atoms with van der Waals surface area (Å²) in [6, 6.07) is 101. The summed E-state index contributed by atoms with van der Waals surface area (Å²) >= 11 is 0. The lowest BCUT2D eigenvalue weighted by atomic mass is 9.88. The van der Waals surface area contributed by atoms with Gasteiger partial charge in [0.25, 0.3) is 0 Å². The lowest BCUT2D eigenvalue weighted by Crippen LogP contribution is -2.11. The molecule has 0 aliphatic rings. The SMILES string of the molecule is c1ccc(-c2cc(-c3ccccc3)cc(-c3ccc(N(c4ccc(-n5c6ccccc6c6ccccc65)cc4)c4ccccc4-c4ccccc4-c4ccccc4-c4ccccc4)cc3)c2)cc1. The van der Waals surface area contributed by atoms with Crippen molar-refractivity contribution in [2.24, 2.45) is 0 Å². The van der Waals surface area contributed by atoms with E-state index in [1.54, 1.807) is 0 Å². The summed E-state index contributed by atoms with van der Waals surface area (Å²) in [5.74, 6) is 0. The maximum Gasteiger partial charge on any atom is 0.0541 e. The van der Waals surface area contributed by atoms with E-state index < -0.39 is 0 Å². The number of anilines is 3. The second-order valence-electron chi connectivity index (χ2n) is 17.3. The fraction of sp³-hybridized carbons (Fsp3) is 0. The van der Waals surface area contributed by atoms with Crippen LogP contribution >= 0.6 is 0 Å². The average molecular weight is 867 g/mol. The van der Waals surface area contributed by atoms with E-state index in [0.717, 1.165) is 33.9 Å². The summed E-state index contributed by atoms with van der Waals surface area (Å²) in [6.07, 6.45) is 0. The third-order valence-corrected chi connectivity index (χ3v) is 13.2. The first-order chi connectivity index (χ1) is 33.7. The molecule has 0 atom stereocenters. The monoisotopic (exact) mass is 866 g/mol. The molecule has 2 nitrogen and oxygen atoms in total. The van der Waals surface area contributed by atoms with Crippen molar-refractivity contribution in [1.82, 2.24) is 4.57 Å². The smallest absolute Gasteiger partial charge is 0.0541 e. The summed E-state index contributed by atoms with van der Waals surface area (Å²) in [5, 5.41) is 2.50. The summed E-state index contributed by atoms with van der Waals surface area (Å²) in [6.45, 7) is 0. The highest BCUT2D eigenvalue weighted by molar-refractivity contribution is 6.09. The van der Waals surface area contributed by atoms with Gasteiger partial charge in [-0.2, -0.15) is 0 Å². The van der Waals surface area contributed by atoms with Crippen molar-refractivity contribution in [3.05, 3.63) is 279 Å². The Labute approximate surface area is 397 Å². The lowest BCUT2D eigenvalue weighted by molar-refractivity contribution is 1.17. The summed E-state index contributed by atoms with van der Waals surface area (Å²) in [7, 11) is 0. The Morgan fingerprint density at radius 1 is 0.235 bits per heavy atom. The van der Waals surface area contributed by atoms with E-state index in [2.05, 4.69) is 289 Å². The first-order valence-electron chi connectivity index (χ1n) is 23.3. The van der Waals surface area contributed by atoms with E-state index in [4.69, 9.17) is 0 Å². The second kappa shape index (κ2) is 17.8. The van der Waals surface area contributed by atoms with E-state index in [0.29, 0.717) is 0 Å². The van der Waals surface area contributed by atoms with Crippen LogP contribution in [0.1, 0.15) is 0 Å². The van der Waals surface area contributed by atoms with Gasteiger partial charge in [0.05, 0.1) is 16.7 Å². The lowest BCUT2D eigenvalue weighted by Gasteiger charge is -2.29. The maximum absolute atomic E-state index is 2.42. The number of nitrogens with zero attached hydrogens (tertiary/aromatic N) is 2. The zero-order chi connectivity index (χ0) is 45.2. The molecule has 0 aliphatic heterocycles. The zero-order valence-electron chi connectivity index (χ0n) is 37.5. The molecule has 0 radical (unpaired) electrons. The van der Waals surface area contributed by atoms with Crippen LogP contribution in [0.3, 0.4) is 0 Å². The minimum atomic E-state index is 1.06. The quantitative estimate of drug-likeness (QED) is 0.133. The first-order valence-corrected chi connectivity index (χ1v) is 23.3. The zero-order valence-corrected chi connectivity index (χ0v) is 37.5. The van der Waals surface area contributed by atoms with Gasteiger partial charge < -0.3 is 9.47 Å². The van der Waals surface area contributed by atoms with Crippen LogP contribution < -0.4 is 4.90 Å². The average Bonchev–Trinajstić information content (AvgIpc) is 3.76. The molecule has 0 unspecified atom stereocenters. The van der Waals surface area contributed by atoms with Crippen molar-refractivity contribution in [1.29, 1.82) is 0 Å². The van der Waals surface area contributed by atoms with Crippen LogP contribution in [-0.2, 0) is 0 Å². The highest BCUT2D eigenvalue weighted by atomic mass is 15.1. The Morgan fingerprint density at radius 2 is 0.588 bits per heavy atom. The molecule has 0 N–H and O–H groups in total. The maximum atomic E-state index is 2.42. The van der Waals surface area contributed by atoms with Crippen LogP contribution in [0.15, 0.2) is 279 Å². The largest absolute Gasteiger partial charge is 0.310 e. The molecule has 320 valence electrons. The van der Waals surface area contributed by atoms with E-state index in [1.807, 2.05) is 0 Å². The van der Waals surface area contributed by atoms with Crippen molar-refractivity contribution >= 4 is 38.9 Å². The third kappa shape index (κ3) is 7.54. The first kappa shape index (κ1) is 40.5. The second-order valence-corrected chi connectivity index (χ2v) is 17.3. The Morgan fingerprint density at radius 3 is 1.10 bits per heavy atom. The van der Waals surface area contributed by atoms with Gasteiger partial charge in [0.1, 0.15) is 0 Å². The van der Waals surface area contributed by atoms with Crippen LogP contribution in [0.4, 0.5) is 17.1 Å². The number of fused-ring (bicyclic) bond motifs is 3. The fourth-order valence-electron chi connectivity index (χ4n) is 10.0. The van der Waals surface area contributed by atoms with Gasteiger partial charge in [0, 0.05) is 33.4 Å². The van der Waals surface area contributed by atoms with Crippen LogP contribution in [0.25, 0.3) is 94.3 Å². The summed E-state index contributed by atoms with van der Waals surface area (Å²) in [5.41, 5.74) is 20.9. The van der Waals surface area contributed by atoms with E-state index in [9.17, 15) is 0 Å². The minimum Gasteiger partial charge on any atom is -0.310 e. The van der Waals surface area contributed by atoms with Crippen LogP contribution in [0.2, 0.25) is 0 Å². The predicted molar refractivity (Wildman–Crippen MR) is 288 cm³/mol. The standard InChI is InChI=1S/C66H46N2/c1-4-20-47(21-5-1)51-44-52(48-22-6-2-7-23-48)46-53(45-51)49-36-38-54(39-37-49)67(55-40-42-56(43-41-55)68-65-34-18-15-31-62(65)63-32-16-19-35-66(63)68)64-33-17-14-30-61(64)60-29-13-12-28-59(60)58-27-11-10-26-57(58)50-24-8-3-9-25-50/h1-46H. The number of hydrogen-bond acceptors (Lipinski definition) is 1. The van der Waals surface area contributed by atoms with Crippen molar-refractivity contribution in [2.75, 3.05) is 4.90 Å². The molecule has 12 rings (SSSR count). The molecule has 0 spiro atoms. The Bertz CT molecular complexity index is 3590. The normalized spacial score (nSPS) is 11.2. The number of rotatable bonds is 10. The van der Waals surface area contributed by atoms with Gasteiger partial charge in [-0.3, -0.25) is 0 Å². The van der Waals surface area contributed by atoms with Crippen LogP contribution in [0.5, 0.6) is 0 Å². The van der Waals surface area contributed by atoms with Gasteiger partial charge >= 0.3 is 0 Å². The minimum absolute atomic E-state index is 1.06. The summed E-state index contributed by atoms with van der Waals surface area (Å²) in [4.78, 5) is 2.42. The predicted octanol–water partition coefficient (Wildman–Crippen LogP) is 18.3. The van der Waals surface area contributed by atoms with Gasteiger partial charge in [-0.15, -0.1) is 0 Å². The molecule has 0 fully saturated rings. The Kier molecular flexibility index (Phi) is 10.6. The van der Waals surface area contributed by atoms with E-state index in [1.165, 1.54) is 77.4 Å². The molecule has 2 heteroatoms. The topological polar surface area (TPSA) is 8.17 Å². The van der Waals surface area contributed by atoms with E-state index >= 15 is 0 Å². The molecule has 68 heavy (non-hydrogen) atoms. The molecule has 0 saturated heterocycles. The van der Waals surface area contributed by atoms with Gasteiger partial charge in [-0.25, -0.2) is 0 Å². The Balaban J connectivity index is 1.01. The van der Waals surface area contributed by atoms with Crippen molar-refractivity contribution in [2.45, 2.75) is 0 Å². The van der Waals surface area contributed by atoms with Gasteiger partial charge in [-0.1, -0.05) is 206 Å². The number of hydrogen-bond donors (Lipinski definition) is 0. The highest BCUT2D eigenvalue weighted by Gasteiger charge is 2.21. The number of aromatic nitrogens is 1. The van der Waals surface area contributed by atoms with E-state index in [-0.39, 0.29) is 0 Å². The van der Waals surface area contributed by atoms with Crippen molar-refractivity contribution in [3.8, 4) is 72.4 Å². The molecule has 0 amide bonds. The van der Waals surface area contributed by atoms with Crippen molar-refractivity contribution in [3.63, 3.8) is 0 Å². The number of para-hydroxylation sites is 3. The fourth-order valence-corrected chi connectivity index (χ4v) is 10.0.